The average Bonchev–Trinajstić information content (AvgIpc) is 2.65. The van der Waals surface area contributed by atoms with E-state index in [1.807, 2.05) is 30.7 Å². The smallest absolute Gasteiger partial charge is 0.203 e. The normalized spacial score (nSPS) is 10.2. The fourth-order valence-corrected chi connectivity index (χ4v) is 2.56. The molecule has 6 nitrogen and oxygen atoms in total. The van der Waals surface area contributed by atoms with Crippen LogP contribution in [0.5, 0.6) is 34.5 Å². The van der Waals surface area contributed by atoms with E-state index in [1.165, 1.54) is 0 Å². The zero-order valence-electron chi connectivity index (χ0n) is 15.3. The molecule has 1 radical (unpaired) electrons. The van der Waals surface area contributed by atoms with E-state index in [0.717, 1.165) is 11.1 Å². The van der Waals surface area contributed by atoms with Crippen LogP contribution >= 0.6 is 0 Å². The second kappa shape index (κ2) is 8.37. The van der Waals surface area contributed by atoms with Crippen molar-refractivity contribution in [2.24, 2.45) is 0 Å². The summed E-state index contributed by atoms with van der Waals surface area (Å²) in [5.74, 6) is 3.43. The molecular formula is C19H23O6. The van der Waals surface area contributed by atoms with Crippen LogP contribution in [0, 0.1) is 6.42 Å². The summed E-state index contributed by atoms with van der Waals surface area (Å²) in [5.41, 5.74) is 1.76. The Hall–Kier alpha value is -2.76. The maximum absolute atomic E-state index is 5.39. The third-order valence-electron chi connectivity index (χ3n) is 3.71. The second-order valence-electron chi connectivity index (χ2n) is 5.06. The summed E-state index contributed by atoms with van der Waals surface area (Å²) in [6.45, 7) is 0. The van der Waals surface area contributed by atoms with Crippen LogP contribution in [0.3, 0.4) is 0 Å². The van der Waals surface area contributed by atoms with Crippen LogP contribution in [-0.4, -0.2) is 42.7 Å². The number of hydrogen-bond acceptors (Lipinski definition) is 6. The SMILES string of the molecule is COc1cc([CH]c2cc(OC)c(OC)c(OC)c2)cc(OC)c1OC. The fourth-order valence-electron chi connectivity index (χ4n) is 2.56. The van der Waals surface area contributed by atoms with E-state index in [9.17, 15) is 0 Å². The van der Waals surface area contributed by atoms with Crippen LogP contribution in [0.2, 0.25) is 0 Å². The summed E-state index contributed by atoms with van der Waals surface area (Å²) in [6.07, 6.45) is 1.95. The van der Waals surface area contributed by atoms with Crippen LogP contribution in [0.1, 0.15) is 11.1 Å². The van der Waals surface area contributed by atoms with Gasteiger partial charge in [0.25, 0.3) is 0 Å². The van der Waals surface area contributed by atoms with Crippen molar-refractivity contribution in [1.82, 2.24) is 0 Å². The molecule has 0 unspecified atom stereocenters. The van der Waals surface area contributed by atoms with Gasteiger partial charge in [0.05, 0.1) is 42.7 Å². The van der Waals surface area contributed by atoms with E-state index in [-0.39, 0.29) is 0 Å². The van der Waals surface area contributed by atoms with Crippen molar-refractivity contribution in [3.05, 3.63) is 41.8 Å². The predicted octanol–water partition coefficient (Wildman–Crippen LogP) is 3.34. The molecule has 135 valence electrons. The molecule has 0 saturated carbocycles. The molecule has 0 fully saturated rings. The Morgan fingerprint density at radius 2 is 0.760 bits per heavy atom. The minimum atomic E-state index is 0.548. The molecule has 2 aromatic rings. The molecule has 6 heteroatoms. The molecule has 0 N–H and O–H groups in total. The van der Waals surface area contributed by atoms with Crippen LogP contribution in [0.15, 0.2) is 24.3 Å². The van der Waals surface area contributed by atoms with Gasteiger partial charge < -0.3 is 28.4 Å². The van der Waals surface area contributed by atoms with Crippen molar-refractivity contribution in [3.8, 4) is 34.5 Å². The molecule has 0 amide bonds. The first-order valence-corrected chi connectivity index (χ1v) is 7.56. The van der Waals surface area contributed by atoms with Gasteiger partial charge in [-0.2, -0.15) is 0 Å². The van der Waals surface area contributed by atoms with Crippen molar-refractivity contribution in [1.29, 1.82) is 0 Å². The minimum Gasteiger partial charge on any atom is -0.493 e. The van der Waals surface area contributed by atoms with Gasteiger partial charge in [-0.05, 0) is 35.4 Å². The molecule has 0 aromatic heterocycles. The predicted molar refractivity (Wildman–Crippen MR) is 94.7 cm³/mol. The van der Waals surface area contributed by atoms with Gasteiger partial charge in [-0.25, -0.2) is 0 Å². The Morgan fingerprint density at radius 3 is 0.960 bits per heavy atom. The maximum atomic E-state index is 5.39. The molecule has 0 heterocycles. The molecule has 0 atom stereocenters. The van der Waals surface area contributed by atoms with E-state index >= 15 is 0 Å². The lowest BCUT2D eigenvalue weighted by molar-refractivity contribution is 0.323. The molecule has 0 aliphatic rings. The molecule has 0 aliphatic carbocycles. The Bertz CT molecular complexity index is 614. The summed E-state index contributed by atoms with van der Waals surface area (Å²) >= 11 is 0. The maximum Gasteiger partial charge on any atom is 0.203 e. The van der Waals surface area contributed by atoms with E-state index < -0.39 is 0 Å². The third-order valence-corrected chi connectivity index (χ3v) is 3.71. The van der Waals surface area contributed by atoms with E-state index in [2.05, 4.69) is 0 Å². The van der Waals surface area contributed by atoms with Gasteiger partial charge in [-0.15, -0.1) is 0 Å². The summed E-state index contributed by atoms with van der Waals surface area (Å²) in [5, 5.41) is 0. The lowest BCUT2D eigenvalue weighted by Crippen LogP contribution is -1.99. The number of hydrogen-bond donors (Lipinski definition) is 0. The molecule has 0 spiro atoms. The average molecular weight is 347 g/mol. The van der Waals surface area contributed by atoms with Crippen molar-refractivity contribution in [3.63, 3.8) is 0 Å². The van der Waals surface area contributed by atoms with Gasteiger partial charge in [-0.1, -0.05) is 0 Å². The highest BCUT2D eigenvalue weighted by atomic mass is 16.5. The van der Waals surface area contributed by atoms with Gasteiger partial charge in [0.15, 0.2) is 23.0 Å². The second-order valence-corrected chi connectivity index (χ2v) is 5.06. The third kappa shape index (κ3) is 3.84. The Kier molecular flexibility index (Phi) is 6.22. The summed E-state index contributed by atoms with van der Waals surface area (Å²) < 4.78 is 32.2. The number of rotatable bonds is 8. The monoisotopic (exact) mass is 347 g/mol. The highest BCUT2D eigenvalue weighted by Gasteiger charge is 2.16. The topological polar surface area (TPSA) is 55.4 Å². The summed E-state index contributed by atoms with van der Waals surface area (Å²) in [4.78, 5) is 0. The molecule has 25 heavy (non-hydrogen) atoms. The first kappa shape index (κ1) is 18.6. The Balaban J connectivity index is 2.45. The van der Waals surface area contributed by atoms with Crippen molar-refractivity contribution >= 4 is 0 Å². The quantitative estimate of drug-likeness (QED) is 0.730. The van der Waals surface area contributed by atoms with E-state index in [4.69, 9.17) is 28.4 Å². The van der Waals surface area contributed by atoms with Gasteiger partial charge >= 0.3 is 0 Å². The summed E-state index contributed by atoms with van der Waals surface area (Å²) in [7, 11) is 9.48. The summed E-state index contributed by atoms with van der Waals surface area (Å²) in [6, 6.07) is 7.46. The lowest BCUT2D eigenvalue weighted by atomic mass is 10.0. The standard InChI is InChI=1S/C19H23O6/c1-20-14-8-12(9-15(21-2)18(14)24-5)7-13-10-16(22-3)19(25-6)17(11-13)23-4/h7-11H,1-6H3. The van der Waals surface area contributed by atoms with Gasteiger partial charge in [0.1, 0.15) is 0 Å². The van der Waals surface area contributed by atoms with Crippen LogP contribution in [0.4, 0.5) is 0 Å². The molecule has 0 aliphatic heterocycles. The van der Waals surface area contributed by atoms with Gasteiger partial charge in [0.2, 0.25) is 11.5 Å². The Morgan fingerprint density at radius 1 is 0.480 bits per heavy atom. The lowest BCUT2D eigenvalue weighted by Gasteiger charge is -2.16. The molecule has 0 bridgehead atoms. The van der Waals surface area contributed by atoms with Crippen LogP contribution < -0.4 is 28.4 Å². The highest BCUT2D eigenvalue weighted by Crippen LogP contribution is 2.41. The Labute approximate surface area is 148 Å². The van der Waals surface area contributed by atoms with E-state index in [0.29, 0.717) is 34.5 Å². The zero-order valence-corrected chi connectivity index (χ0v) is 15.3. The van der Waals surface area contributed by atoms with Crippen molar-refractivity contribution in [2.75, 3.05) is 42.7 Å². The fraction of sp³-hybridized carbons (Fsp3) is 0.316. The van der Waals surface area contributed by atoms with Gasteiger partial charge in [-0.3, -0.25) is 0 Å². The van der Waals surface area contributed by atoms with Crippen molar-refractivity contribution in [2.45, 2.75) is 0 Å². The zero-order chi connectivity index (χ0) is 18.4. The highest BCUT2D eigenvalue weighted by molar-refractivity contribution is 5.60. The number of methoxy groups -OCH3 is 6. The molecule has 0 saturated heterocycles. The number of ether oxygens (including phenoxy) is 6. The van der Waals surface area contributed by atoms with Crippen LogP contribution in [0.25, 0.3) is 0 Å². The largest absolute Gasteiger partial charge is 0.493 e. The molecular weight excluding hydrogens is 324 g/mol. The van der Waals surface area contributed by atoms with Crippen LogP contribution in [-0.2, 0) is 0 Å². The first-order chi connectivity index (χ1) is 12.1. The number of benzene rings is 2. The molecule has 2 aromatic carbocycles. The first-order valence-electron chi connectivity index (χ1n) is 7.56. The van der Waals surface area contributed by atoms with E-state index in [1.54, 1.807) is 42.7 Å². The molecule has 2 rings (SSSR count). The van der Waals surface area contributed by atoms with Crippen molar-refractivity contribution < 1.29 is 28.4 Å². The minimum absolute atomic E-state index is 0.548. The van der Waals surface area contributed by atoms with Gasteiger partial charge in [0, 0.05) is 6.42 Å².